The van der Waals surface area contributed by atoms with Crippen molar-refractivity contribution < 1.29 is 8.78 Å². The van der Waals surface area contributed by atoms with Crippen molar-refractivity contribution in [1.82, 2.24) is 15.0 Å². The molecule has 1 heterocycles. The zero-order valence-electron chi connectivity index (χ0n) is 8.20. The molecule has 0 N–H and O–H groups in total. The van der Waals surface area contributed by atoms with Crippen molar-refractivity contribution in [3.63, 3.8) is 0 Å². The van der Waals surface area contributed by atoms with Gasteiger partial charge in [0.05, 0.1) is 12.2 Å². The molecular weight excluding hydrogens is 280 g/mol. The highest BCUT2D eigenvalue weighted by molar-refractivity contribution is 9.08. The van der Waals surface area contributed by atoms with E-state index in [4.69, 9.17) is 0 Å². The predicted molar refractivity (Wildman–Crippen MR) is 58.1 cm³/mol. The zero-order valence-corrected chi connectivity index (χ0v) is 9.79. The van der Waals surface area contributed by atoms with E-state index in [0.29, 0.717) is 17.4 Å². The van der Waals surface area contributed by atoms with Crippen LogP contribution in [0, 0.1) is 11.6 Å². The Morgan fingerprint density at radius 2 is 2.06 bits per heavy atom. The lowest BCUT2D eigenvalue weighted by molar-refractivity contribution is 0.505. The molecule has 3 nitrogen and oxygen atoms in total. The van der Waals surface area contributed by atoms with Gasteiger partial charge in [-0.3, -0.25) is 0 Å². The maximum absolute atomic E-state index is 12.9. The van der Waals surface area contributed by atoms with E-state index in [0.717, 1.165) is 17.8 Å². The Hall–Kier alpha value is -1.30. The fourth-order valence-corrected chi connectivity index (χ4v) is 1.56. The van der Waals surface area contributed by atoms with E-state index in [1.807, 2.05) is 0 Å². The summed E-state index contributed by atoms with van der Waals surface area (Å²) in [4.78, 5) is 0. The van der Waals surface area contributed by atoms with E-state index in [2.05, 4.69) is 26.2 Å². The molecular formula is C10H8BrF2N3. The van der Waals surface area contributed by atoms with Gasteiger partial charge in [0.1, 0.15) is 0 Å². The SMILES string of the molecule is Fc1ccc(Cn2cc(CBr)nn2)cc1F. The van der Waals surface area contributed by atoms with Crippen molar-refractivity contribution >= 4 is 15.9 Å². The van der Waals surface area contributed by atoms with E-state index < -0.39 is 11.6 Å². The highest BCUT2D eigenvalue weighted by Gasteiger charge is 2.04. The molecule has 0 atom stereocenters. The first-order valence-electron chi connectivity index (χ1n) is 4.58. The first kappa shape index (κ1) is 11.2. The summed E-state index contributed by atoms with van der Waals surface area (Å²) in [6, 6.07) is 3.78. The van der Waals surface area contributed by atoms with E-state index in [-0.39, 0.29) is 0 Å². The molecule has 0 fully saturated rings. The van der Waals surface area contributed by atoms with Crippen LogP contribution in [0.3, 0.4) is 0 Å². The molecule has 0 amide bonds. The van der Waals surface area contributed by atoms with Crippen molar-refractivity contribution in [1.29, 1.82) is 0 Å². The molecule has 2 rings (SSSR count). The van der Waals surface area contributed by atoms with Gasteiger partial charge in [0.2, 0.25) is 0 Å². The topological polar surface area (TPSA) is 30.7 Å². The third kappa shape index (κ3) is 2.44. The number of rotatable bonds is 3. The van der Waals surface area contributed by atoms with Crippen LogP contribution in [0.4, 0.5) is 8.78 Å². The molecule has 0 aliphatic heterocycles. The second-order valence-electron chi connectivity index (χ2n) is 3.29. The zero-order chi connectivity index (χ0) is 11.5. The Labute approximate surface area is 99.2 Å². The number of alkyl halides is 1. The largest absolute Gasteiger partial charge is 0.248 e. The molecule has 0 aliphatic carbocycles. The van der Waals surface area contributed by atoms with Gasteiger partial charge in [0.25, 0.3) is 0 Å². The molecule has 16 heavy (non-hydrogen) atoms. The number of hydrogen-bond acceptors (Lipinski definition) is 2. The minimum atomic E-state index is -0.849. The lowest BCUT2D eigenvalue weighted by atomic mass is 10.2. The Balaban J connectivity index is 2.17. The standard InChI is InChI=1S/C10H8BrF2N3/c11-4-8-6-16(15-14-8)5-7-1-2-9(12)10(13)3-7/h1-3,6H,4-5H2. The smallest absolute Gasteiger partial charge is 0.159 e. The summed E-state index contributed by atoms with van der Waals surface area (Å²) in [5, 5.41) is 8.34. The first-order valence-corrected chi connectivity index (χ1v) is 5.70. The maximum Gasteiger partial charge on any atom is 0.159 e. The van der Waals surface area contributed by atoms with Gasteiger partial charge in [-0.05, 0) is 17.7 Å². The summed E-state index contributed by atoms with van der Waals surface area (Å²) in [7, 11) is 0. The summed E-state index contributed by atoms with van der Waals surface area (Å²) < 4.78 is 27.2. The molecule has 0 radical (unpaired) electrons. The molecule has 0 saturated heterocycles. The van der Waals surface area contributed by atoms with Gasteiger partial charge in [-0.2, -0.15) is 0 Å². The second-order valence-corrected chi connectivity index (χ2v) is 3.85. The van der Waals surface area contributed by atoms with Crippen molar-refractivity contribution in [2.75, 3.05) is 0 Å². The van der Waals surface area contributed by atoms with Crippen molar-refractivity contribution in [2.45, 2.75) is 11.9 Å². The van der Waals surface area contributed by atoms with Crippen LogP contribution in [-0.2, 0) is 11.9 Å². The van der Waals surface area contributed by atoms with Crippen LogP contribution in [0.2, 0.25) is 0 Å². The Bertz CT molecular complexity index is 499. The summed E-state index contributed by atoms with van der Waals surface area (Å²) >= 11 is 3.25. The van der Waals surface area contributed by atoms with Gasteiger partial charge in [0, 0.05) is 11.5 Å². The Kier molecular flexibility index (Phi) is 3.28. The third-order valence-corrected chi connectivity index (χ3v) is 2.63. The van der Waals surface area contributed by atoms with Gasteiger partial charge in [0.15, 0.2) is 11.6 Å². The van der Waals surface area contributed by atoms with Crippen LogP contribution in [0.1, 0.15) is 11.3 Å². The Morgan fingerprint density at radius 3 is 2.69 bits per heavy atom. The molecule has 1 aromatic carbocycles. The van der Waals surface area contributed by atoms with Crippen LogP contribution in [0.25, 0.3) is 0 Å². The van der Waals surface area contributed by atoms with Gasteiger partial charge in [-0.1, -0.05) is 27.2 Å². The van der Waals surface area contributed by atoms with E-state index in [1.165, 1.54) is 6.07 Å². The lowest BCUT2D eigenvalue weighted by Crippen LogP contribution is -2.01. The quantitative estimate of drug-likeness (QED) is 0.812. The fraction of sp³-hybridized carbons (Fsp3) is 0.200. The van der Waals surface area contributed by atoms with Gasteiger partial charge < -0.3 is 0 Å². The monoisotopic (exact) mass is 287 g/mol. The van der Waals surface area contributed by atoms with E-state index in [1.54, 1.807) is 10.9 Å². The number of nitrogens with zero attached hydrogens (tertiary/aromatic N) is 3. The molecule has 0 saturated carbocycles. The van der Waals surface area contributed by atoms with E-state index >= 15 is 0 Å². The van der Waals surface area contributed by atoms with Crippen LogP contribution in [0.5, 0.6) is 0 Å². The fourth-order valence-electron chi connectivity index (χ4n) is 1.30. The number of hydrogen-bond donors (Lipinski definition) is 0. The highest BCUT2D eigenvalue weighted by Crippen LogP contribution is 2.10. The molecule has 0 aliphatic rings. The van der Waals surface area contributed by atoms with Crippen molar-refractivity contribution in [2.24, 2.45) is 0 Å². The van der Waals surface area contributed by atoms with E-state index in [9.17, 15) is 8.78 Å². The Morgan fingerprint density at radius 1 is 1.25 bits per heavy atom. The van der Waals surface area contributed by atoms with Gasteiger partial charge in [-0.15, -0.1) is 5.10 Å². The third-order valence-electron chi connectivity index (χ3n) is 2.05. The van der Waals surface area contributed by atoms with Crippen molar-refractivity contribution in [3.8, 4) is 0 Å². The molecule has 0 unspecified atom stereocenters. The summed E-state index contributed by atoms with van der Waals surface area (Å²) in [6.45, 7) is 0.372. The molecule has 6 heteroatoms. The van der Waals surface area contributed by atoms with Crippen molar-refractivity contribution in [3.05, 3.63) is 47.3 Å². The van der Waals surface area contributed by atoms with Crippen LogP contribution >= 0.6 is 15.9 Å². The molecule has 84 valence electrons. The number of benzene rings is 1. The van der Waals surface area contributed by atoms with Crippen LogP contribution < -0.4 is 0 Å². The summed E-state index contributed by atoms with van der Waals surface area (Å²) in [6.07, 6.45) is 1.75. The molecule has 0 bridgehead atoms. The van der Waals surface area contributed by atoms with Gasteiger partial charge >= 0.3 is 0 Å². The number of aromatic nitrogens is 3. The molecule has 0 spiro atoms. The summed E-state index contributed by atoms with van der Waals surface area (Å²) in [5.41, 5.74) is 1.44. The van der Waals surface area contributed by atoms with Crippen LogP contribution in [-0.4, -0.2) is 15.0 Å². The second kappa shape index (κ2) is 4.69. The number of halogens is 3. The average Bonchev–Trinajstić information content (AvgIpc) is 2.71. The minimum absolute atomic E-state index is 0.372. The predicted octanol–water partition coefficient (Wildman–Crippen LogP) is 2.50. The minimum Gasteiger partial charge on any atom is -0.248 e. The molecule has 1 aromatic heterocycles. The maximum atomic E-state index is 12.9. The van der Waals surface area contributed by atoms with Crippen LogP contribution in [0.15, 0.2) is 24.4 Å². The average molecular weight is 288 g/mol. The van der Waals surface area contributed by atoms with Gasteiger partial charge in [-0.25, -0.2) is 13.5 Å². The summed E-state index contributed by atoms with van der Waals surface area (Å²) in [5.74, 6) is -1.69. The lowest BCUT2D eigenvalue weighted by Gasteiger charge is -2.01. The highest BCUT2D eigenvalue weighted by atomic mass is 79.9. The first-order chi connectivity index (χ1) is 7.69. The normalized spacial score (nSPS) is 10.7. The molecule has 2 aromatic rings.